The second kappa shape index (κ2) is 6.15. The summed E-state index contributed by atoms with van der Waals surface area (Å²) in [6.07, 6.45) is 0.229. The van der Waals surface area contributed by atoms with E-state index in [0.717, 1.165) is 12.1 Å². The fourth-order valence-electron chi connectivity index (χ4n) is 1.70. The van der Waals surface area contributed by atoms with E-state index in [1.54, 1.807) is 0 Å². The molecule has 1 atom stereocenters. The largest absolute Gasteiger partial charge is 0.396 e. The van der Waals surface area contributed by atoms with Gasteiger partial charge in [-0.15, -0.1) is 0 Å². The van der Waals surface area contributed by atoms with E-state index in [9.17, 15) is 17.2 Å². The van der Waals surface area contributed by atoms with Crippen molar-refractivity contribution in [2.75, 3.05) is 6.61 Å². The first-order chi connectivity index (χ1) is 9.08. The van der Waals surface area contributed by atoms with Crippen LogP contribution in [0, 0.1) is 17.0 Å². The van der Waals surface area contributed by atoms with Crippen LogP contribution >= 0.6 is 0 Å². The molecule has 0 saturated heterocycles. The summed E-state index contributed by atoms with van der Waals surface area (Å²) in [5.74, 6) is -2.32. The third-order valence-corrected chi connectivity index (χ3v) is 4.43. The van der Waals surface area contributed by atoms with Gasteiger partial charge in [-0.05, 0) is 30.0 Å². The first-order valence-electron chi connectivity index (χ1n) is 6.16. The van der Waals surface area contributed by atoms with Crippen molar-refractivity contribution < 1.29 is 22.3 Å². The van der Waals surface area contributed by atoms with Gasteiger partial charge in [-0.25, -0.2) is 21.9 Å². The van der Waals surface area contributed by atoms with E-state index < -0.39 is 33.1 Å². The average molecular weight is 307 g/mol. The van der Waals surface area contributed by atoms with E-state index in [1.807, 2.05) is 20.8 Å². The number of rotatable bonds is 5. The summed E-state index contributed by atoms with van der Waals surface area (Å²) >= 11 is 0. The number of aliphatic hydroxyl groups excluding tert-OH is 1. The van der Waals surface area contributed by atoms with Gasteiger partial charge >= 0.3 is 0 Å². The first-order valence-corrected chi connectivity index (χ1v) is 7.64. The molecule has 0 unspecified atom stereocenters. The van der Waals surface area contributed by atoms with Gasteiger partial charge in [-0.3, -0.25) is 0 Å². The van der Waals surface area contributed by atoms with E-state index in [1.165, 1.54) is 0 Å². The van der Waals surface area contributed by atoms with Crippen molar-refractivity contribution >= 4 is 10.0 Å². The van der Waals surface area contributed by atoms with Crippen molar-refractivity contribution in [1.29, 1.82) is 0 Å². The van der Waals surface area contributed by atoms with Gasteiger partial charge in [0.2, 0.25) is 10.0 Å². The number of halogens is 2. The third-order valence-electron chi connectivity index (χ3n) is 2.96. The molecular formula is C13H19F2NO3S. The molecule has 0 radical (unpaired) electrons. The minimum Gasteiger partial charge on any atom is -0.396 e. The highest BCUT2D eigenvalue weighted by Crippen LogP contribution is 2.24. The first kappa shape index (κ1) is 17.0. The molecule has 1 rings (SSSR count). The van der Waals surface area contributed by atoms with Crippen LogP contribution in [-0.4, -0.2) is 26.2 Å². The van der Waals surface area contributed by atoms with Crippen LogP contribution < -0.4 is 4.72 Å². The topological polar surface area (TPSA) is 66.4 Å². The van der Waals surface area contributed by atoms with Gasteiger partial charge in [0.25, 0.3) is 0 Å². The van der Waals surface area contributed by atoms with Crippen molar-refractivity contribution in [3.05, 3.63) is 29.8 Å². The Bertz CT molecular complexity index is 567. The Morgan fingerprint density at radius 3 is 2.30 bits per heavy atom. The van der Waals surface area contributed by atoms with Gasteiger partial charge in [0, 0.05) is 12.6 Å². The summed E-state index contributed by atoms with van der Waals surface area (Å²) in [6, 6.07) is 1.88. The molecule has 0 aliphatic rings. The molecule has 7 heteroatoms. The summed E-state index contributed by atoms with van der Waals surface area (Å²) in [4.78, 5) is -0.344. The lowest BCUT2D eigenvalue weighted by atomic mass is 9.86. The molecule has 0 fully saturated rings. The number of hydrogen-bond acceptors (Lipinski definition) is 3. The summed E-state index contributed by atoms with van der Waals surface area (Å²) in [7, 11) is -3.97. The molecule has 2 N–H and O–H groups in total. The predicted molar refractivity (Wildman–Crippen MR) is 71.6 cm³/mol. The highest BCUT2D eigenvalue weighted by Gasteiger charge is 2.29. The maximum atomic E-state index is 13.1. The lowest BCUT2D eigenvalue weighted by Gasteiger charge is -2.30. The Hall–Kier alpha value is -1.05. The van der Waals surface area contributed by atoms with Crippen LogP contribution in [0.1, 0.15) is 27.2 Å². The standard InChI is InChI=1S/C13H19F2NO3S/c1-13(2,3)12(6-7-17)16-20(18,19)9-4-5-10(14)11(15)8-9/h4-5,8,12,16-17H,6-7H2,1-3H3/t12-/m0/s1. The molecule has 0 amide bonds. The zero-order valence-corrected chi connectivity index (χ0v) is 12.5. The van der Waals surface area contributed by atoms with Crippen molar-refractivity contribution in [3.8, 4) is 0 Å². The second-order valence-electron chi connectivity index (χ2n) is 5.63. The van der Waals surface area contributed by atoms with Gasteiger partial charge in [0.1, 0.15) is 0 Å². The van der Waals surface area contributed by atoms with Gasteiger partial charge in [0.05, 0.1) is 4.90 Å². The average Bonchev–Trinajstić information content (AvgIpc) is 2.30. The molecule has 4 nitrogen and oxygen atoms in total. The zero-order chi connectivity index (χ0) is 15.6. The molecule has 0 heterocycles. The fraction of sp³-hybridized carbons (Fsp3) is 0.538. The smallest absolute Gasteiger partial charge is 0.240 e. The van der Waals surface area contributed by atoms with Gasteiger partial charge < -0.3 is 5.11 Å². The summed E-state index contributed by atoms with van der Waals surface area (Å²) in [5, 5.41) is 9.00. The zero-order valence-electron chi connectivity index (χ0n) is 11.7. The number of aliphatic hydroxyl groups is 1. The number of hydrogen-bond donors (Lipinski definition) is 2. The quantitative estimate of drug-likeness (QED) is 0.875. The Kier molecular flexibility index (Phi) is 5.23. The van der Waals surface area contributed by atoms with E-state index in [4.69, 9.17) is 5.11 Å². The van der Waals surface area contributed by atoms with Crippen LogP contribution in [0.3, 0.4) is 0 Å². The highest BCUT2D eigenvalue weighted by atomic mass is 32.2. The summed E-state index contributed by atoms with van der Waals surface area (Å²) < 4.78 is 52.7. The van der Waals surface area contributed by atoms with Gasteiger partial charge in [0.15, 0.2) is 11.6 Å². The minimum absolute atomic E-state index is 0.178. The summed E-state index contributed by atoms with van der Waals surface area (Å²) in [5.41, 5.74) is -0.422. The minimum atomic E-state index is -3.97. The molecule has 1 aromatic rings. The Morgan fingerprint density at radius 2 is 1.85 bits per heavy atom. The Labute approximate surface area is 117 Å². The van der Waals surface area contributed by atoms with Crippen LogP contribution in [0.15, 0.2) is 23.1 Å². The molecule has 0 bridgehead atoms. The molecule has 20 heavy (non-hydrogen) atoms. The maximum absolute atomic E-state index is 13.1. The molecule has 0 aliphatic carbocycles. The lowest BCUT2D eigenvalue weighted by molar-refractivity contribution is 0.214. The van der Waals surface area contributed by atoms with E-state index in [2.05, 4.69) is 4.72 Å². The number of sulfonamides is 1. The van der Waals surface area contributed by atoms with Crippen LogP contribution in [-0.2, 0) is 10.0 Å². The van der Waals surface area contributed by atoms with Crippen molar-refractivity contribution in [3.63, 3.8) is 0 Å². The lowest BCUT2D eigenvalue weighted by Crippen LogP contribution is -2.44. The van der Waals surface area contributed by atoms with Crippen molar-refractivity contribution in [2.24, 2.45) is 5.41 Å². The number of nitrogens with one attached hydrogen (secondary N) is 1. The molecule has 0 aromatic heterocycles. The second-order valence-corrected chi connectivity index (χ2v) is 7.34. The SMILES string of the molecule is CC(C)(C)[C@H](CCO)NS(=O)(=O)c1ccc(F)c(F)c1. The predicted octanol–water partition coefficient (Wildman–Crippen LogP) is 2.04. The fourth-order valence-corrected chi connectivity index (χ4v) is 3.19. The Morgan fingerprint density at radius 1 is 1.25 bits per heavy atom. The molecule has 0 saturated carbocycles. The molecule has 0 aliphatic heterocycles. The van der Waals surface area contributed by atoms with Crippen molar-refractivity contribution in [2.45, 2.75) is 38.1 Å². The van der Waals surface area contributed by atoms with Crippen molar-refractivity contribution in [1.82, 2.24) is 4.72 Å². The van der Waals surface area contributed by atoms with E-state index in [-0.39, 0.29) is 17.9 Å². The molecule has 1 aromatic carbocycles. The normalized spacial score (nSPS) is 14.3. The van der Waals surface area contributed by atoms with Crippen LogP contribution in [0.25, 0.3) is 0 Å². The van der Waals surface area contributed by atoms with Crippen LogP contribution in [0.4, 0.5) is 8.78 Å². The third kappa shape index (κ3) is 4.22. The molecular weight excluding hydrogens is 288 g/mol. The monoisotopic (exact) mass is 307 g/mol. The van der Waals surface area contributed by atoms with Crippen LogP contribution in [0.2, 0.25) is 0 Å². The summed E-state index contributed by atoms with van der Waals surface area (Å²) in [6.45, 7) is 5.28. The highest BCUT2D eigenvalue weighted by molar-refractivity contribution is 7.89. The number of benzene rings is 1. The van der Waals surface area contributed by atoms with E-state index >= 15 is 0 Å². The molecule has 0 spiro atoms. The van der Waals surface area contributed by atoms with Gasteiger partial charge in [-0.2, -0.15) is 0 Å². The van der Waals surface area contributed by atoms with Crippen LogP contribution in [0.5, 0.6) is 0 Å². The maximum Gasteiger partial charge on any atom is 0.240 e. The van der Waals surface area contributed by atoms with E-state index in [0.29, 0.717) is 6.07 Å². The molecule has 114 valence electrons. The van der Waals surface area contributed by atoms with Gasteiger partial charge in [-0.1, -0.05) is 20.8 Å². The Balaban J connectivity index is 3.06.